The average molecular weight is 392 g/mol. The Morgan fingerprint density at radius 3 is 2.35 bits per heavy atom. The molecule has 3 atom stereocenters. The van der Waals surface area contributed by atoms with Crippen molar-refractivity contribution < 1.29 is 26.4 Å². The van der Waals surface area contributed by atoms with Gasteiger partial charge in [-0.1, -0.05) is 26.7 Å². The van der Waals surface area contributed by atoms with Crippen LogP contribution < -0.4 is 10.0 Å². The highest BCUT2D eigenvalue weighted by atomic mass is 32.2. The molecule has 1 aliphatic rings. The van der Waals surface area contributed by atoms with Crippen LogP contribution in [0.3, 0.4) is 0 Å². The van der Waals surface area contributed by atoms with Crippen molar-refractivity contribution in [1.82, 2.24) is 10.0 Å². The van der Waals surface area contributed by atoms with E-state index in [0.29, 0.717) is 5.92 Å². The molecule has 0 aliphatic heterocycles. The van der Waals surface area contributed by atoms with Crippen LogP contribution in [0.5, 0.6) is 0 Å². The normalized spacial score (nSPS) is 24.3. The summed E-state index contributed by atoms with van der Waals surface area (Å²) < 4.78 is 64.2. The molecular weight excluding hydrogens is 369 g/mol. The van der Waals surface area contributed by atoms with Crippen LogP contribution in [0.15, 0.2) is 29.2 Å². The fraction of sp³-hybridized carbons (Fsp3) is 0.588. The van der Waals surface area contributed by atoms with Gasteiger partial charge in [-0.25, -0.2) is 13.1 Å². The molecule has 0 aromatic heterocycles. The molecule has 146 valence electrons. The molecule has 1 saturated carbocycles. The Morgan fingerprint density at radius 1 is 1.15 bits per heavy atom. The minimum atomic E-state index is -4.50. The van der Waals surface area contributed by atoms with E-state index >= 15 is 0 Å². The predicted molar refractivity (Wildman–Crippen MR) is 91.1 cm³/mol. The van der Waals surface area contributed by atoms with E-state index in [2.05, 4.69) is 11.6 Å². The SMILES string of the molecule is C[C@H]1[C@@H](NS(=O)(=O)c2ccc(C(=O)NCC(F)(F)F)cc2)CCC[C@@H]1C. The van der Waals surface area contributed by atoms with Crippen molar-refractivity contribution in [2.75, 3.05) is 6.54 Å². The Bertz CT molecular complexity index is 733. The van der Waals surface area contributed by atoms with Gasteiger partial charge in [0.05, 0.1) is 4.90 Å². The number of rotatable bonds is 5. The Morgan fingerprint density at radius 2 is 1.77 bits per heavy atom. The number of carbonyl (C=O) groups excluding carboxylic acids is 1. The Kier molecular flexibility index (Phi) is 6.33. The van der Waals surface area contributed by atoms with Crippen LogP contribution in [0, 0.1) is 11.8 Å². The van der Waals surface area contributed by atoms with Crippen LogP contribution in [-0.2, 0) is 10.0 Å². The summed E-state index contributed by atoms with van der Waals surface area (Å²) in [5, 5.41) is 1.74. The van der Waals surface area contributed by atoms with Crippen LogP contribution in [0.2, 0.25) is 0 Å². The first-order valence-electron chi connectivity index (χ1n) is 8.47. The minimum absolute atomic E-state index is 0.0182. The number of sulfonamides is 1. The third-order valence-electron chi connectivity index (χ3n) is 4.89. The molecule has 5 nitrogen and oxygen atoms in total. The van der Waals surface area contributed by atoms with Gasteiger partial charge in [-0.05, 0) is 42.5 Å². The van der Waals surface area contributed by atoms with Crippen LogP contribution in [0.4, 0.5) is 13.2 Å². The lowest BCUT2D eigenvalue weighted by molar-refractivity contribution is -0.123. The van der Waals surface area contributed by atoms with Gasteiger partial charge in [0, 0.05) is 11.6 Å². The first kappa shape index (κ1) is 20.7. The highest BCUT2D eigenvalue weighted by Gasteiger charge is 2.31. The molecule has 1 amide bonds. The largest absolute Gasteiger partial charge is 0.405 e. The van der Waals surface area contributed by atoms with Gasteiger partial charge in [0.2, 0.25) is 10.0 Å². The van der Waals surface area contributed by atoms with E-state index in [9.17, 15) is 26.4 Å². The summed E-state index contributed by atoms with van der Waals surface area (Å²) in [4.78, 5) is 11.7. The molecule has 0 spiro atoms. The van der Waals surface area contributed by atoms with Crippen molar-refractivity contribution in [1.29, 1.82) is 0 Å². The maximum absolute atomic E-state index is 12.5. The number of hydrogen-bond donors (Lipinski definition) is 2. The summed E-state index contributed by atoms with van der Waals surface area (Å²) >= 11 is 0. The zero-order valence-electron chi connectivity index (χ0n) is 14.6. The molecule has 1 aromatic rings. The zero-order chi connectivity index (χ0) is 19.5. The van der Waals surface area contributed by atoms with Crippen LogP contribution in [0.1, 0.15) is 43.5 Å². The van der Waals surface area contributed by atoms with E-state index in [1.165, 1.54) is 24.3 Å². The average Bonchev–Trinajstić information content (AvgIpc) is 2.56. The second-order valence-electron chi connectivity index (χ2n) is 6.82. The summed E-state index contributed by atoms with van der Waals surface area (Å²) in [6.45, 7) is 2.68. The first-order valence-corrected chi connectivity index (χ1v) is 9.95. The molecule has 2 N–H and O–H groups in total. The molecular formula is C17H23F3N2O3S. The number of halogens is 3. The third-order valence-corrected chi connectivity index (χ3v) is 6.40. The lowest BCUT2D eigenvalue weighted by Gasteiger charge is -2.34. The Balaban J connectivity index is 2.05. The summed E-state index contributed by atoms with van der Waals surface area (Å²) in [6, 6.07) is 4.70. The first-order chi connectivity index (χ1) is 12.0. The predicted octanol–water partition coefficient (Wildman–Crippen LogP) is 3.08. The molecule has 0 radical (unpaired) electrons. The summed E-state index contributed by atoms with van der Waals surface area (Å²) in [7, 11) is -3.76. The molecule has 0 saturated heterocycles. The van der Waals surface area contributed by atoms with Gasteiger partial charge in [-0.2, -0.15) is 13.2 Å². The lowest BCUT2D eigenvalue weighted by Crippen LogP contribution is -2.43. The molecule has 26 heavy (non-hydrogen) atoms. The fourth-order valence-electron chi connectivity index (χ4n) is 3.08. The topological polar surface area (TPSA) is 75.3 Å². The van der Waals surface area contributed by atoms with Gasteiger partial charge in [-0.15, -0.1) is 0 Å². The van der Waals surface area contributed by atoms with Gasteiger partial charge >= 0.3 is 6.18 Å². The molecule has 9 heteroatoms. The number of hydrogen-bond acceptors (Lipinski definition) is 3. The summed E-state index contributed by atoms with van der Waals surface area (Å²) in [5.74, 6) is -0.268. The van der Waals surface area contributed by atoms with E-state index in [1.54, 1.807) is 5.32 Å². The van der Waals surface area contributed by atoms with Gasteiger partial charge in [0.15, 0.2) is 0 Å². The van der Waals surface area contributed by atoms with Crippen molar-refractivity contribution in [2.24, 2.45) is 11.8 Å². The minimum Gasteiger partial charge on any atom is -0.343 e. The van der Waals surface area contributed by atoms with Crippen molar-refractivity contribution in [3.8, 4) is 0 Å². The highest BCUT2D eigenvalue weighted by molar-refractivity contribution is 7.89. The van der Waals surface area contributed by atoms with Crippen molar-refractivity contribution in [3.63, 3.8) is 0 Å². The maximum atomic E-state index is 12.5. The molecule has 1 fully saturated rings. The standard InChI is InChI=1S/C17H23F3N2O3S/c1-11-4-3-5-15(12(11)2)22-26(24,25)14-8-6-13(7-9-14)16(23)21-10-17(18,19)20/h6-9,11-12,15,22H,3-5,10H2,1-2H3,(H,21,23)/t11-,12+,15-/m0/s1. The molecule has 2 rings (SSSR count). The van der Waals surface area contributed by atoms with Gasteiger partial charge in [0.25, 0.3) is 5.91 Å². The van der Waals surface area contributed by atoms with Crippen LogP contribution in [-0.4, -0.2) is 33.1 Å². The Hall–Kier alpha value is -1.61. The number of carbonyl (C=O) groups is 1. The molecule has 1 aliphatic carbocycles. The van der Waals surface area contributed by atoms with E-state index in [0.717, 1.165) is 19.3 Å². The number of amides is 1. The molecule has 0 bridgehead atoms. The Labute approximate surface area is 151 Å². The van der Waals surface area contributed by atoms with Crippen LogP contribution in [0.25, 0.3) is 0 Å². The van der Waals surface area contributed by atoms with E-state index in [4.69, 9.17) is 0 Å². The van der Waals surface area contributed by atoms with Crippen molar-refractivity contribution in [2.45, 2.75) is 50.2 Å². The van der Waals surface area contributed by atoms with E-state index < -0.39 is 28.7 Å². The second-order valence-corrected chi connectivity index (χ2v) is 8.53. The quantitative estimate of drug-likeness (QED) is 0.809. The summed E-state index contributed by atoms with van der Waals surface area (Å²) in [5.41, 5.74) is -0.0344. The van der Waals surface area contributed by atoms with Gasteiger partial charge < -0.3 is 5.32 Å². The highest BCUT2D eigenvalue weighted by Crippen LogP contribution is 2.30. The third kappa shape index (κ3) is 5.44. The zero-order valence-corrected chi connectivity index (χ0v) is 15.5. The fourth-order valence-corrected chi connectivity index (χ4v) is 4.45. The molecule has 1 aromatic carbocycles. The monoisotopic (exact) mass is 392 g/mol. The smallest absolute Gasteiger partial charge is 0.343 e. The lowest BCUT2D eigenvalue weighted by atomic mass is 9.78. The number of alkyl halides is 3. The van der Waals surface area contributed by atoms with Gasteiger partial charge in [0.1, 0.15) is 6.54 Å². The maximum Gasteiger partial charge on any atom is 0.405 e. The van der Waals surface area contributed by atoms with E-state index in [1.807, 2.05) is 6.92 Å². The van der Waals surface area contributed by atoms with E-state index in [-0.39, 0.29) is 22.4 Å². The van der Waals surface area contributed by atoms with Crippen molar-refractivity contribution >= 4 is 15.9 Å². The number of benzene rings is 1. The van der Waals surface area contributed by atoms with Crippen LogP contribution >= 0.6 is 0 Å². The number of nitrogens with one attached hydrogen (secondary N) is 2. The summed E-state index contributed by atoms with van der Waals surface area (Å²) in [6.07, 6.45) is -1.71. The van der Waals surface area contributed by atoms with Gasteiger partial charge in [-0.3, -0.25) is 4.79 Å². The second kappa shape index (κ2) is 7.96. The van der Waals surface area contributed by atoms with Crippen molar-refractivity contribution in [3.05, 3.63) is 29.8 Å². The molecule has 0 unspecified atom stereocenters. The molecule has 0 heterocycles.